The first-order valence-electron chi connectivity index (χ1n) is 4.34. The highest BCUT2D eigenvalue weighted by Gasteiger charge is 2.07. The van der Waals surface area contributed by atoms with E-state index in [-0.39, 0.29) is 0 Å². The molecule has 0 saturated heterocycles. The van der Waals surface area contributed by atoms with Crippen LogP contribution in [0.1, 0.15) is 5.56 Å². The Morgan fingerprint density at radius 1 is 1.36 bits per heavy atom. The van der Waals surface area contributed by atoms with Crippen molar-refractivity contribution in [1.29, 1.82) is 0 Å². The molecule has 2 aromatic rings. The van der Waals surface area contributed by atoms with Crippen LogP contribution in [0.3, 0.4) is 0 Å². The first-order valence-corrected chi connectivity index (χ1v) is 4.34. The molecule has 0 saturated carbocycles. The molecule has 0 aliphatic heterocycles. The molecule has 0 aliphatic rings. The van der Waals surface area contributed by atoms with Gasteiger partial charge >= 0.3 is 0 Å². The molecule has 0 bridgehead atoms. The fourth-order valence-electron chi connectivity index (χ4n) is 1.37. The van der Waals surface area contributed by atoms with Gasteiger partial charge in [0.05, 0.1) is 7.11 Å². The van der Waals surface area contributed by atoms with Crippen LogP contribution >= 0.6 is 0 Å². The molecular weight excluding hydrogens is 178 g/mol. The molecule has 3 heteroatoms. The Bertz CT molecular complexity index is 421. The highest BCUT2D eigenvalue weighted by atomic mass is 16.5. The van der Waals surface area contributed by atoms with Gasteiger partial charge in [-0.2, -0.15) is 0 Å². The largest absolute Gasteiger partial charge is 0.496 e. The summed E-state index contributed by atoms with van der Waals surface area (Å²) < 4.78 is 10.2. The zero-order chi connectivity index (χ0) is 9.97. The molecule has 72 valence electrons. The first-order chi connectivity index (χ1) is 6.81. The number of rotatable bonds is 2. The van der Waals surface area contributed by atoms with Crippen molar-refractivity contribution in [1.82, 2.24) is 4.98 Å². The SMILES string of the molecule is COc1ccc(C)cc1-c1cocn1. The lowest BCUT2D eigenvalue weighted by molar-refractivity contribution is 0.416. The number of hydrogen-bond acceptors (Lipinski definition) is 3. The van der Waals surface area contributed by atoms with Gasteiger partial charge in [-0.25, -0.2) is 4.98 Å². The highest BCUT2D eigenvalue weighted by molar-refractivity contribution is 5.67. The van der Waals surface area contributed by atoms with Gasteiger partial charge in [-0.15, -0.1) is 0 Å². The average Bonchev–Trinajstić information content (AvgIpc) is 2.70. The second kappa shape index (κ2) is 3.54. The van der Waals surface area contributed by atoms with Crippen LogP contribution in [0.2, 0.25) is 0 Å². The monoisotopic (exact) mass is 189 g/mol. The summed E-state index contributed by atoms with van der Waals surface area (Å²) in [6, 6.07) is 5.96. The van der Waals surface area contributed by atoms with E-state index < -0.39 is 0 Å². The van der Waals surface area contributed by atoms with Crippen LogP contribution < -0.4 is 4.74 Å². The fraction of sp³-hybridized carbons (Fsp3) is 0.182. The van der Waals surface area contributed by atoms with Gasteiger partial charge in [0, 0.05) is 5.56 Å². The van der Waals surface area contributed by atoms with Crippen LogP contribution in [0.15, 0.2) is 35.3 Å². The molecule has 0 fully saturated rings. The number of aromatic nitrogens is 1. The summed E-state index contributed by atoms with van der Waals surface area (Å²) in [5.41, 5.74) is 2.93. The Kier molecular flexibility index (Phi) is 2.23. The Hall–Kier alpha value is -1.77. The zero-order valence-electron chi connectivity index (χ0n) is 8.15. The van der Waals surface area contributed by atoms with Crippen LogP contribution in [0, 0.1) is 6.92 Å². The Labute approximate surface area is 82.3 Å². The lowest BCUT2D eigenvalue weighted by Crippen LogP contribution is -1.88. The van der Waals surface area contributed by atoms with Gasteiger partial charge < -0.3 is 9.15 Å². The molecule has 2 rings (SSSR count). The van der Waals surface area contributed by atoms with Crippen molar-refractivity contribution in [2.24, 2.45) is 0 Å². The molecule has 0 N–H and O–H groups in total. The van der Waals surface area contributed by atoms with Gasteiger partial charge in [0.15, 0.2) is 6.39 Å². The standard InChI is InChI=1S/C11H11NO2/c1-8-3-4-11(13-2)9(5-8)10-6-14-7-12-10/h3-7H,1-2H3. The van der Waals surface area contributed by atoms with E-state index in [1.807, 2.05) is 25.1 Å². The van der Waals surface area contributed by atoms with Crippen LogP contribution in [0.25, 0.3) is 11.3 Å². The molecule has 1 heterocycles. The lowest BCUT2D eigenvalue weighted by Gasteiger charge is -2.06. The summed E-state index contributed by atoms with van der Waals surface area (Å²) >= 11 is 0. The number of nitrogens with zero attached hydrogens (tertiary/aromatic N) is 1. The van der Waals surface area contributed by atoms with E-state index in [4.69, 9.17) is 9.15 Å². The predicted molar refractivity (Wildman–Crippen MR) is 53.2 cm³/mol. The van der Waals surface area contributed by atoms with Gasteiger partial charge in [0.1, 0.15) is 17.7 Å². The normalized spacial score (nSPS) is 10.1. The third-order valence-corrected chi connectivity index (χ3v) is 2.06. The summed E-state index contributed by atoms with van der Waals surface area (Å²) in [5.74, 6) is 0.810. The summed E-state index contributed by atoms with van der Waals surface area (Å²) in [6.07, 6.45) is 3.02. The number of ether oxygens (including phenoxy) is 1. The van der Waals surface area contributed by atoms with Gasteiger partial charge in [-0.05, 0) is 19.1 Å². The van der Waals surface area contributed by atoms with E-state index in [2.05, 4.69) is 4.98 Å². The number of oxazole rings is 1. The number of hydrogen-bond donors (Lipinski definition) is 0. The second-order valence-electron chi connectivity index (χ2n) is 3.08. The molecule has 0 amide bonds. The van der Waals surface area contributed by atoms with Crippen LogP contribution in [-0.2, 0) is 0 Å². The zero-order valence-corrected chi connectivity index (χ0v) is 8.15. The highest BCUT2D eigenvalue weighted by Crippen LogP contribution is 2.29. The van der Waals surface area contributed by atoms with Crippen molar-refractivity contribution in [2.45, 2.75) is 6.92 Å². The molecule has 0 atom stereocenters. The summed E-state index contributed by atoms with van der Waals surface area (Å²) in [7, 11) is 1.65. The van der Waals surface area contributed by atoms with Gasteiger partial charge in [0.25, 0.3) is 0 Å². The minimum absolute atomic E-state index is 0.797. The fourth-order valence-corrected chi connectivity index (χ4v) is 1.37. The van der Waals surface area contributed by atoms with E-state index in [0.29, 0.717) is 0 Å². The van der Waals surface area contributed by atoms with Crippen molar-refractivity contribution in [3.05, 3.63) is 36.4 Å². The van der Waals surface area contributed by atoms with E-state index >= 15 is 0 Å². The third-order valence-electron chi connectivity index (χ3n) is 2.06. The Balaban J connectivity index is 2.55. The van der Waals surface area contributed by atoms with Crippen molar-refractivity contribution in [2.75, 3.05) is 7.11 Å². The smallest absolute Gasteiger partial charge is 0.181 e. The molecular formula is C11H11NO2. The maximum atomic E-state index is 5.24. The van der Waals surface area contributed by atoms with Crippen molar-refractivity contribution >= 4 is 0 Å². The summed E-state index contributed by atoms with van der Waals surface area (Å²) in [5, 5.41) is 0. The van der Waals surface area contributed by atoms with Gasteiger partial charge in [0.2, 0.25) is 0 Å². The van der Waals surface area contributed by atoms with Gasteiger partial charge in [-0.1, -0.05) is 11.6 Å². The van der Waals surface area contributed by atoms with Crippen LogP contribution in [-0.4, -0.2) is 12.1 Å². The van der Waals surface area contributed by atoms with E-state index in [9.17, 15) is 0 Å². The Morgan fingerprint density at radius 2 is 2.21 bits per heavy atom. The molecule has 0 unspecified atom stereocenters. The number of benzene rings is 1. The summed E-state index contributed by atoms with van der Waals surface area (Å²) in [4.78, 5) is 4.09. The molecule has 14 heavy (non-hydrogen) atoms. The first kappa shape index (κ1) is 8.81. The van der Waals surface area contributed by atoms with E-state index in [0.717, 1.165) is 17.0 Å². The molecule has 0 aliphatic carbocycles. The van der Waals surface area contributed by atoms with Crippen LogP contribution in [0.4, 0.5) is 0 Å². The second-order valence-corrected chi connectivity index (χ2v) is 3.08. The van der Waals surface area contributed by atoms with Gasteiger partial charge in [-0.3, -0.25) is 0 Å². The van der Waals surface area contributed by atoms with E-state index in [1.165, 1.54) is 12.0 Å². The average molecular weight is 189 g/mol. The maximum Gasteiger partial charge on any atom is 0.181 e. The Morgan fingerprint density at radius 3 is 2.86 bits per heavy atom. The number of methoxy groups -OCH3 is 1. The molecule has 1 aromatic carbocycles. The quantitative estimate of drug-likeness (QED) is 0.728. The minimum atomic E-state index is 0.797. The van der Waals surface area contributed by atoms with Crippen LogP contribution in [0.5, 0.6) is 5.75 Å². The third kappa shape index (κ3) is 1.48. The van der Waals surface area contributed by atoms with Crippen molar-refractivity contribution < 1.29 is 9.15 Å². The predicted octanol–water partition coefficient (Wildman–Crippen LogP) is 2.66. The molecule has 0 radical (unpaired) electrons. The molecule has 0 spiro atoms. The molecule has 3 nitrogen and oxygen atoms in total. The molecule has 1 aromatic heterocycles. The lowest BCUT2D eigenvalue weighted by atomic mass is 10.1. The minimum Gasteiger partial charge on any atom is -0.496 e. The maximum absolute atomic E-state index is 5.24. The van der Waals surface area contributed by atoms with Crippen molar-refractivity contribution in [3.63, 3.8) is 0 Å². The van der Waals surface area contributed by atoms with E-state index in [1.54, 1.807) is 13.4 Å². The topological polar surface area (TPSA) is 35.3 Å². The number of aryl methyl sites for hydroxylation is 1. The summed E-state index contributed by atoms with van der Waals surface area (Å²) in [6.45, 7) is 2.03. The van der Waals surface area contributed by atoms with Crippen molar-refractivity contribution in [3.8, 4) is 17.0 Å².